The Morgan fingerprint density at radius 1 is 1.00 bits per heavy atom. The summed E-state index contributed by atoms with van der Waals surface area (Å²) >= 11 is 0. The van der Waals surface area contributed by atoms with Crippen molar-refractivity contribution in [1.29, 1.82) is 0 Å². The van der Waals surface area contributed by atoms with Crippen LogP contribution in [-0.2, 0) is 4.74 Å². The van der Waals surface area contributed by atoms with Crippen molar-refractivity contribution in [3.63, 3.8) is 0 Å². The van der Waals surface area contributed by atoms with Crippen LogP contribution in [0.4, 0.5) is 11.4 Å². The molecule has 0 unspecified atom stereocenters. The van der Waals surface area contributed by atoms with E-state index in [-0.39, 0.29) is 11.3 Å². The third-order valence-corrected chi connectivity index (χ3v) is 4.45. The van der Waals surface area contributed by atoms with Gasteiger partial charge in [-0.3, -0.25) is 0 Å². The summed E-state index contributed by atoms with van der Waals surface area (Å²) in [5, 5.41) is 18.9. The lowest BCUT2D eigenvalue weighted by atomic mass is 9.96. The molecule has 25 heavy (non-hydrogen) atoms. The van der Waals surface area contributed by atoms with Gasteiger partial charge in [0.2, 0.25) is 0 Å². The Labute approximate surface area is 148 Å². The van der Waals surface area contributed by atoms with Crippen LogP contribution in [0, 0.1) is 20.8 Å². The standard InChI is InChI=1S/C20H24N2O3/c1-11(2)15-7-9-16(10-8-15)21-22-18-12(3)13(4)19(23)17(14(18)5)20(24)25-6/h7-11,23H,1-6H3. The minimum absolute atomic E-state index is 0.0675. The van der Waals surface area contributed by atoms with Crippen LogP contribution in [0.15, 0.2) is 34.5 Å². The van der Waals surface area contributed by atoms with Gasteiger partial charge in [0, 0.05) is 0 Å². The van der Waals surface area contributed by atoms with Gasteiger partial charge in [-0.2, -0.15) is 5.11 Å². The van der Waals surface area contributed by atoms with Crippen LogP contribution in [0.25, 0.3) is 0 Å². The second-order valence-corrected chi connectivity index (χ2v) is 6.39. The molecule has 0 aliphatic rings. The summed E-state index contributed by atoms with van der Waals surface area (Å²) in [6, 6.07) is 7.89. The number of hydrogen-bond donors (Lipinski definition) is 1. The van der Waals surface area contributed by atoms with Gasteiger partial charge in [0.1, 0.15) is 11.3 Å². The molecule has 0 radical (unpaired) electrons. The first-order valence-corrected chi connectivity index (χ1v) is 8.20. The van der Waals surface area contributed by atoms with E-state index >= 15 is 0 Å². The Kier molecular flexibility index (Phi) is 5.57. The van der Waals surface area contributed by atoms with E-state index in [2.05, 4.69) is 24.1 Å². The van der Waals surface area contributed by atoms with Gasteiger partial charge in [-0.25, -0.2) is 4.79 Å². The molecule has 0 aliphatic heterocycles. The van der Waals surface area contributed by atoms with E-state index in [0.717, 1.165) is 11.3 Å². The molecule has 0 atom stereocenters. The highest BCUT2D eigenvalue weighted by Gasteiger charge is 2.22. The van der Waals surface area contributed by atoms with Crippen LogP contribution in [0.5, 0.6) is 5.75 Å². The van der Waals surface area contributed by atoms with Gasteiger partial charge in [-0.15, -0.1) is 5.11 Å². The van der Waals surface area contributed by atoms with E-state index < -0.39 is 5.97 Å². The highest BCUT2D eigenvalue weighted by molar-refractivity contribution is 5.96. The van der Waals surface area contributed by atoms with Gasteiger partial charge in [0.15, 0.2) is 0 Å². The first-order chi connectivity index (χ1) is 11.8. The van der Waals surface area contributed by atoms with Crippen molar-refractivity contribution in [3.8, 4) is 5.75 Å². The summed E-state index contributed by atoms with van der Waals surface area (Å²) in [6.45, 7) is 9.59. The Morgan fingerprint density at radius 2 is 1.60 bits per heavy atom. The van der Waals surface area contributed by atoms with E-state index in [1.54, 1.807) is 13.8 Å². The number of nitrogens with zero attached hydrogens (tertiary/aromatic N) is 2. The average molecular weight is 340 g/mol. The smallest absolute Gasteiger partial charge is 0.342 e. The number of carbonyl (C=O) groups is 1. The van der Waals surface area contributed by atoms with Gasteiger partial charge in [-0.05, 0) is 61.1 Å². The second kappa shape index (κ2) is 7.47. The number of azo groups is 1. The lowest BCUT2D eigenvalue weighted by molar-refractivity contribution is 0.0596. The van der Waals surface area contributed by atoms with E-state index in [1.165, 1.54) is 12.7 Å². The Hall–Kier alpha value is -2.69. The Morgan fingerprint density at radius 3 is 2.12 bits per heavy atom. The molecule has 0 fully saturated rings. The maximum atomic E-state index is 12.0. The summed E-state index contributed by atoms with van der Waals surface area (Å²) < 4.78 is 4.77. The molecular weight excluding hydrogens is 316 g/mol. The van der Waals surface area contributed by atoms with Crippen LogP contribution in [0.2, 0.25) is 0 Å². The van der Waals surface area contributed by atoms with Crippen LogP contribution in [0.3, 0.4) is 0 Å². The van der Waals surface area contributed by atoms with Crippen molar-refractivity contribution in [3.05, 3.63) is 52.1 Å². The number of esters is 1. The molecule has 0 bridgehead atoms. The number of methoxy groups -OCH3 is 1. The largest absolute Gasteiger partial charge is 0.507 e. The predicted octanol–water partition coefficient (Wildman–Crippen LogP) is 5.64. The van der Waals surface area contributed by atoms with Gasteiger partial charge in [0.25, 0.3) is 0 Å². The first kappa shape index (κ1) is 18.6. The molecular formula is C20H24N2O3. The van der Waals surface area contributed by atoms with Crippen LogP contribution >= 0.6 is 0 Å². The topological polar surface area (TPSA) is 71.2 Å². The van der Waals surface area contributed by atoms with Crippen LogP contribution in [0.1, 0.15) is 52.4 Å². The molecule has 5 nitrogen and oxygen atoms in total. The summed E-state index contributed by atoms with van der Waals surface area (Å²) in [5.41, 5.74) is 4.60. The normalized spacial score (nSPS) is 11.3. The molecule has 0 amide bonds. The molecule has 2 aromatic carbocycles. The fraction of sp³-hybridized carbons (Fsp3) is 0.350. The average Bonchev–Trinajstić information content (AvgIpc) is 2.60. The number of carbonyl (C=O) groups excluding carboxylic acids is 1. The molecule has 0 aromatic heterocycles. The summed E-state index contributed by atoms with van der Waals surface area (Å²) in [6.07, 6.45) is 0. The van der Waals surface area contributed by atoms with E-state index in [0.29, 0.717) is 22.7 Å². The van der Waals surface area contributed by atoms with Gasteiger partial charge >= 0.3 is 5.97 Å². The highest BCUT2D eigenvalue weighted by Crippen LogP contribution is 2.38. The third kappa shape index (κ3) is 3.71. The molecule has 2 aromatic rings. The zero-order valence-corrected chi connectivity index (χ0v) is 15.5. The van der Waals surface area contributed by atoms with Gasteiger partial charge < -0.3 is 9.84 Å². The molecule has 0 saturated heterocycles. The molecule has 0 saturated carbocycles. The molecule has 132 valence electrons. The quantitative estimate of drug-likeness (QED) is 0.578. The van der Waals surface area contributed by atoms with Crippen LogP contribution < -0.4 is 0 Å². The van der Waals surface area contributed by atoms with Crippen molar-refractivity contribution in [2.45, 2.75) is 40.5 Å². The number of hydrogen-bond acceptors (Lipinski definition) is 5. The van der Waals surface area contributed by atoms with Crippen LogP contribution in [-0.4, -0.2) is 18.2 Å². The zero-order chi connectivity index (χ0) is 18.7. The number of phenols is 1. The fourth-order valence-corrected chi connectivity index (χ4v) is 2.66. The Balaban J connectivity index is 2.48. The van der Waals surface area contributed by atoms with Crippen molar-refractivity contribution in [2.24, 2.45) is 10.2 Å². The first-order valence-electron chi connectivity index (χ1n) is 8.20. The minimum atomic E-state index is -0.587. The lowest BCUT2D eigenvalue weighted by Crippen LogP contribution is -2.06. The molecule has 0 spiro atoms. The molecule has 0 aliphatic carbocycles. The second-order valence-electron chi connectivity index (χ2n) is 6.39. The molecule has 1 N–H and O–H groups in total. The molecule has 0 heterocycles. The van der Waals surface area contributed by atoms with Crippen molar-refractivity contribution >= 4 is 17.3 Å². The van der Waals surface area contributed by atoms with Crippen molar-refractivity contribution in [1.82, 2.24) is 0 Å². The summed E-state index contributed by atoms with van der Waals surface area (Å²) in [5.74, 6) is -0.198. The SMILES string of the molecule is COC(=O)c1c(C)c(N=Nc2ccc(C(C)C)cc2)c(C)c(C)c1O. The van der Waals surface area contributed by atoms with Crippen molar-refractivity contribution < 1.29 is 14.6 Å². The number of phenolic OH excluding ortho intramolecular Hbond substituents is 1. The lowest BCUT2D eigenvalue weighted by Gasteiger charge is -2.14. The molecule has 2 rings (SSSR count). The summed E-state index contributed by atoms with van der Waals surface area (Å²) in [7, 11) is 1.29. The number of benzene rings is 2. The zero-order valence-electron chi connectivity index (χ0n) is 15.5. The van der Waals surface area contributed by atoms with Gasteiger partial charge in [-0.1, -0.05) is 26.0 Å². The maximum Gasteiger partial charge on any atom is 0.342 e. The Bertz CT molecular complexity index is 822. The number of rotatable bonds is 4. The third-order valence-electron chi connectivity index (χ3n) is 4.45. The maximum absolute atomic E-state index is 12.0. The number of aromatic hydroxyl groups is 1. The summed E-state index contributed by atoms with van der Waals surface area (Å²) in [4.78, 5) is 12.0. The van der Waals surface area contributed by atoms with Gasteiger partial charge in [0.05, 0.1) is 18.5 Å². The van der Waals surface area contributed by atoms with E-state index in [1.807, 2.05) is 31.2 Å². The van der Waals surface area contributed by atoms with E-state index in [4.69, 9.17) is 4.74 Å². The highest BCUT2D eigenvalue weighted by atomic mass is 16.5. The monoisotopic (exact) mass is 340 g/mol. The van der Waals surface area contributed by atoms with Crippen molar-refractivity contribution in [2.75, 3.05) is 7.11 Å². The predicted molar refractivity (Wildman–Crippen MR) is 98.4 cm³/mol. The minimum Gasteiger partial charge on any atom is -0.507 e. The molecule has 5 heteroatoms. The van der Waals surface area contributed by atoms with E-state index in [9.17, 15) is 9.90 Å². The fourth-order valence-electron chi connectivity index (χ4n) is 2.66. The number of ether oxygens (including phenoxy) is 1.